The first-order valence-corrected chi connectivity index (χ1v) is 7.87. The first-order valence-electron chi connectivity index (χ1n) is 6.88. The number of carbonyl (C=O) groups is 1. The van der Waals surface area contributed by atoms with Gasteiger partial charge >= 0.3 is 5.97 Å². The van der Waals surface area contributed by atoms with Crippen LogP contribution in [0.4, 0.5) is 0 Å². The summed E-state index contributed by atoms with van der Waals surface area (Å²) in [5.74, 6) is -0.0494. The number of aliphatic carboxylic acids is 1. The molecule has 0 aliphatic carbocycles. The monoisotopic (exact) mass is 295 g/mol. The third-order valence-electron chi connectivity index (χ3n) is 3.32. The lowest BCUT2D eigenvalue weighted by molar-refractivity contribution is -0.142. The van der Waals surface area contributed by atoms with Crippen LogP contribution < -0.4 is 5.73 Å². The Bertz CT molecular complexity index is 447. The van der Waals surface area contributed by atoms with E-state index in [1.807, 2.05) is 0 Å². The third-order valence-corrected chi connectivity index (χ3v) is 4.42. The molecule has 1 aromatic rings. The molecular formula is C16H25NO2S. The van der Waals surface area contributed by atoms with Crippen LogP contribution >= 0.6 is 11.8 Å². The van der Waals surface area contributed by atoms with Crippen molar-refractivity contribution in [1.29, 1.82) is 0 Å². The summed E-state index contributed by atoms with van der Waals surface area (Å²) in [6, 6.07) is 8.58. The molecule has 0 aliphatic rings. The molecule has 0 aromatic heterocycles. The zero-order valence-corrected chi connectivity index (χ0v) is 13.6. The van der Waals surface area contributed by atoms with E-state index in [-0.39, 0.29) is 5.41 Å². The molecule has 0 fully saturated rings. The number of hydrogen-bond acceptors (Lipinski definition) is 3. The smallest absolute Gasteiger partial charge is 0.323 e. The molecule has 0 aliphatic heterocycles. The van der Waals surface area contributed by atoms with Gasteiger partial charge in [0.05, 0.1) is 0 Å². The molecule has 0 amide bonds. The van der Waals surface area contributed by atoms with E-state index in [9.17, 15) is 4.79 Å². The van der Waals surface area contributed by atoms with Gasteiger partial charge in [-0.25, -0.2) is 0 Å². The molecule has 0 saturated carbocycles. The Hall–Kier alpha value is -1.00. The number of thioether (sulfide) groups is 1. The Labute approximate surface area is 125 Å². The van der Waals surface area contributed by atoms with Crippen molar-refractivity contribution in [2.45, 2.75) is 56.4 Å². The maximum Gasteiger partial charge on any atom is 0.323 e. The minimum absolute atomic E-state index is 0.173. The van der Waals surface area contributed by atoms with Crippen LogP contribution in [0.5, 0.6) is 0 Å². The molecule has 3 nitrogen and oxygen atoms in total. The predicted molar refractivity (Wildman–Crippen MR) is 85.3 cm³/mol. The minimum atomic E-state index is -1.11. The van der Waals surface area contributed by atoms with Gasteiger partial charge in [-0.3, -0.25) is 4.79 Å². The Morgan fingerprint density at radius 2 is 1.75 bits per heavy atom. The molecule has 20 heavy (non-hydrogen) atoms. The van der Waals surface area contributed by atoms with Gasteiger partial charge in [-0.05, 0) is 48.6 Å². The fourth-order valence-corrected chi connectivity index (χ4v) is 2.64. The van der Waals surface area contributed by atoms with Crippen molar-refractivity contribution in [3.8, 4) is 0 Å². The van der Waals surface area contributed by atoms with E-state index >= 15 is 0 Å². The van der Waals surface area contributed by atoms with Gasteiger partial charge in [0.25, 0.3) is 0 Å². The SMILES string of the molecule is CC(N)(CCCSc1ccc(C(C)(C)C)cc1)C(=O)O. The zero-order valence-electron chi connectivity index (χ0n) is 12.8. The molecule has 1 atom stereocenters. The fourth-order valence-electron chi connectivity index (χ4n) is 1.79. The highest BCUT2D eigenvalue weighted by molar-refractivity contribution is 7.99. The number of nitrogens with two attached hydrogens (primary N) is 1. The quantitative estimate of drug-likeness (QED) is 0.621. The minimum Gasteiger partial charge on any atom is -0.480 e. The van der Waals surface area contributed by atoms with E-state index < -0.39 is 11.5 Å². The van der Waals surface area contributed by atoms with E-state index in [0.717, 1.165) is 12.2 Å². The highest BCUT2D eigenvalue weighted by atomic mass is 32.2. The van der Waals surface area contributed by atoms with Gasteiger partial charge in [-0.2, -0.15) is 0 Å². The predicted octanol–water partition coefficient (Wildman–Crippen LogP) is 3.66. The highest BCUT2D eigenvalue weighted by Crippen LogP contribution is 2.26. The van der Waals surface area contributed by atoms with E-state index in [4.69, 9.17) is 10.8 Å². The summed E-state index contributed by atoms with van der Waals surface area (Å²) in [7, 11) is 0. The van der Waals surface area contributed by atoms with Crippen molar-refractivity contribution in [3.05, 3.63) is 29.8 Å². The van der Waals surface area contributed by atoms with E-state index in [2.05, 4.69) is 45.0 Å². The summed E-state index contributed by atoms with van der Waals surface area (Å²) in [5.41, 5.74) is 6.08. The van der Waals surface area contributed by atoms with Crippen molar-refractivity contribution in [2.75, 3.05) is 5.75 Å². The molecule has 0 spiro atoms. The van der Waals surface area contributed by atoms with Crippen LogP contribution in [0.15, 0.2) is 29.2 Å². The van der Waals surface area contributed by atoms with Crippen molar-refractivity contribution < 1.29 is 9.90 Å². The average Bonchev–Trinajstić information content (AvgIpc) is 2.34. The van der Waals surface area contributed by atoms with Crippen LogP contribution in [0.2, 0.25) is 0 Å². The van der Waals surface area contributed by atoms with Crippen LogP contribution in [-0.2, 0) is 10.2 Å². The van der Waals surface area contributed by atoms with Gasteiger partial charge in [0.2, 0.25) is 0 Å². The van der Waals surface area contributed by atoms with Crippen molar-refractivity contribution in [3.63, 3.8) is 0 Å². The second-order valence-electron chi connectivity index (χ2n) is 6.45. The number of benzene rings is 1. The van der Waals surface area contributed by atoms with Crippen LogP contribution in [0, 0.1) is 0 Å². The summed E-state index contributed by atoms with van der Waals surface area (Å²) >= 11 is 1.74. The number of hydrogen-bond donors (Lipinski definition) is 2. The normalized spacial score (nSPS) is 14.8. The van der Waals surface area contributed by atoms with Crippen molar-refractivity contribution in [1.82, 2.24) is 0 Å². The summed E-state index contributed by atoms with van der Waals surface area (Å²) in [5, 5.41) is 8.93. The van der Waals surface area contributed by atoms with Crippen LogP contribution in [0.3, 0.4) is 0 Å². The molecular weight excluding hydrogens is 270 g/mol. The van der Waals surface area contributed by atoms with Gasteiger partial charge in [0.1, 0.15) is 5.54 Å². The standard InChI is InChI=1S/C16H25NO2S/c1-15(2,3)12-6-8-13(9-7-12)20-11-5-10-16(4,17)14(18)19/h6-9H,5,10-11,17H2,1-4H3,(H,18,19). The lowest BCUT2D eigenvalue weighted by Crippen LogP contribution is -2.44. The molecule has 3 N–H and O–H groups in total. The summed E-state index contributed by atoms with van der Waals surface area (Å²) in [6.45, 7) is 8.16. The number of rotatable bonds is 6. The molecule has 4 heteroatoms. The largest absolute Gasteiger partial charge is 0.480 e. The maximum atomic E-state index is 10.9. The van der Waals surface area contributed by atoms with E-state index in [0.29, 0.717) is 6.42 Å². The third kappa shape index (κ3) is 5.17. The topological polar surface area (TPSA) is 63.3 Å². The van der Waals surface area contributed by atoms with Gasteiger partial charge in [-0.1, -0.05) is 32.9 Å². The summed E-state index contributed by atoms with van der Waals surface area (Å²) in [4.78, 5) is 12.1. The van der Waals surface area contributed by atoms with Gasteiger partial charge in [0.15, 0.2) is 0 Å². The second kappa shape index (κ2) is 6.64. The van der Waals surface area contributed by atoms with Gasteiger partial charge in [-0.15, -0.1) is 11.8 Å². The first-order chi connectivity index (χ1) is 9.13. The number of carboxylic acid groups (broad SMARTS) is 1. The molecule has 1 rings (SSSR count). The summed E-state index contributed by atoms with van der Waals surface area (Å²) in [6.07, 6.45) is 1.29. The van der Waals surface area contributed by atoms with Gasteiger partial charge in [0, 0.05) is 4.90 Å². The van der Waals surface area contributed by atoms with Crippen molar-refractivity contribution in [2.24, 2.45) is 5.73 Å². The Morgan fingerprint density at radius 1 is 1.20 bits per heavy atom. The molecule has 112 valence electrons. The molecule has 0 radical (unpaired) electrons. The summed E-state index contributed by atoms with van der Waals surface area (Å²) < 4.78 is 0. The lowest BCUT2D eigenvalue weighted by Gasteiger charge is -2.19. The Kier molecular flexibility index (Phi) is 5.66. The zero-order chi connectivity index (χ0) is 15.4. The lowest BCUT2D eigenvalue weighted by atomic mass is 9.87. The van der Waals surface area contributed by atoms with Crippen LogP contribution in [-0.4, -0.2) is 22.4 Å². The van der Waals surface area contributed by atoms with E-state index in [1.165, 1.54) is 10.5 Å². The van der Waals surface area contributed by atoms with Crippen LogP contribution in [0.1, 0.15) is 46.1 Å². The number of carboxylic acids is 1. The van der Waals surface area contributed by atoms with Gasteiger partial charge < -0.3 is 10.8 Å². The molecule has 0 heterocycles. The second-order valence-corrected chi connectivity index (χ2v) is 7.62. The molecule has 0 bridgehead atoms. The first kappa shape index (κ1) is 17.1. The molecule has 1 unspecified atom stereocenters. The maximum absolute atomic E-state index is 10.9. The van der Waals surface area contributed by atoms with Crippen LogP contribution in [0.25, 0.3) is 0 Å². The Balaban J connectivity index is 2.42. The fraction of sp³-hybridized carbons (Fsp3) is 0.562. The Morgan fingerprint density at radius 3 is 2.20 bits per heavy atom. The molecule has 1 aromatic carbocycles. The van der Waals surface area contributed by atoms with E-state index in [1.54, 1.807) is 18.7 Å². The average molecular weight is 295 g/mol. The van der Waals surface area contributed by atoms with Crippen molar-refractivity contribution >= 4 is 17.7 Å². The highest BCUT2D eigenvalue weighted by Gasteiger charge is 2.26. The molecule has 0 saturated heterocycles.